The monoisotopic (exact) mass is 270 g/mol. The van der Waals surface area contributed by atoms with Gasteiger partial charge in [0.25, 0.3) is 0 Å². The van der Waals surface area contributed by atoms with Crippen molar-refractivity contribution in [2.75, 3.05) is 13.1 Å². The summed E-state index contributed by atoms with van der Waals surface area (Å²) in [6, 6.07) is 4.90. The second-order valence-corrected chi connectivity index (χ2v) is 5.23. The molecule has 2 heterocycles. The lowest BCUT2D eigenvalue weighted by atomic mass is 10.1. The van der Waals surface area contributed by atoms with Gasteiger partial charge in [-0.1, -0.05) is 6.42 Å². The lowest BCUT2D eigenvalue weighted by Gasteiger charge is -2.32. The van der Waals surface area contributed by atoms with Crippen LogP contribution < -0.4 is 0 Å². The van der Waals surface area contributed by atoms with E-state index >= 15 is 0 Å². The molecular weight excluding hydrogens is 252 g/mol. The van der Waals surface area contributed by atoms with Gasteiger partial charge in [0.15, 0.2) is 0 Å². The summed E-state index contributed by atoms with van der Waals surface area (Å²) in [7, 11) is 2.12. The Morgan fingerprint density at radius 3 is 2.40 bits per heavy atom. The minimum absolute atomic E-state index is 0.543. The first-order chi connectivity index (χ1) is 7.20. The third kappa shape index (κ3) is 2.28. The fraction of sp³-hybridized carbons (Fsp3) is 0.667. The molecule has 84 valence electrons. The first kappa shape index (κ1) is 11.2. The number of halogens is 1. The van der Waals surface area contributed by atoms with E-state index < -0.39 is 0 Å². The Kier molecular flexibility index (Phi) is 3.52. The number of nitrogens with zero attached hydrogens (tertiary/aromatic N) is 2. The Bertz CT molecular complexity index is 326. The third-order valence-electron chi connectivity index (χ3n) is 3.47. The lowest BCUT2D eigenvalue weighted by Crippen LogP contribution is -2.33. The first-order valence-electron chi connectivity index (χ1n) is 5.75. The molecule has 1 atom stereocenters. The molecule has 2 nitrogen and oxygen atoms in total. The van der Waals surface area contributed by atoms with E-state index in [-0.39, 0.29) is 0 Å². The molecule has 0 saturated carbocycles. The summed E-state index contributed by atoms with van der Waals surface area (Å²) >= 11 is 3.55. The van der Waals surface area contributed by atoms with E-state index in [4.69, 9.17) is 0 Å². The minimum atomic E-state index is 0.543. The molecule has 0 amide bonds. The van der Waals surface area contributed by atoms with Gasteiger partial charge in [-0.05, 0) is 60.9 Å². The van der Waals surface area contributed by atoms with Crippen molar-refractivity contribution in [3.05, 3.63) is 22.4 Å². The maximum atomic E-state index is 3.55. The average Bonchev–Trinajstić information content (AvgIpc) is 2.60. The summed E-state index contributed by atoms with van der Waals surface area (Å²) in [6.45, 7) is 4.82. The maximum absolute atomic E-state index is 3.55. The van der Waals surface area contributed by atoms with Gasteiger partial charge >= 0.3 is 0 Å². The molecule has 0 N–H and O–H groups in total. The number of hydrogen-bond acceptors (Lipinski definition) is 1. The van der Waals surface area contributed by atoms with Crippen LogP contribution in [0.4, 0.5) is 0 Å². The SMILES string of the molecule is CC(c1ccc(Br)n1C)N1CCCCC1. The van der Waals surface area contributed by atoms with Crippen molar-refractivity contribution in [1.29, 1.82) is 0 Å². The molecule has 1 aliphatic rings. The molecule has 3 heteroatoms. The fourth-order valence-electron chi connectivity index (χ4n) is 2.41. The molecule has 0 spiro atoms. The van der Waals surface area contributed by atoms with Crippen molar-refractivity contribution in [3.63, 3.8) is 0 Å². The van der Waals surface area contributed by atoms with Crippen LogP contribution in [0.5, 0.6) is 0 Å². The molecule has 0 bridgehead atoms. The van der Waals surface area contributed by atoms with Crippen LogP contribution in [0.1, 0.15) is 37.9 Å². The second kappa shape index (κ2) is 4.71. The van der Waals surface area contributed by atoms with E-state index in [0.29, 0.717) is 6.04 Å². The van der Waals surface area contributed by atoms with Gasteiger partial charge in [-0.2, -0.15) is 0 Å². The topological polar surface area (TPSA) is 8.17 Å². The average molecular weight is 271 g/mol. The van der Waals surface area contributed by atoms with Gasteiger partial charge in [0, 0.05) is 18.8 Å². The van der Waals surface area contributed by atoms with Crippen LogP contribution in [-0.4, -0.2) is 22.6 Å². The van der Waals surface area contributed by atoms with Crippen molar-refractivity contribution in [2.24, 2.45) is 7.05 Å². The van der Waals surface area contributed by atoms with Crippen LogP contribution in [-0.2, 0) is 7.05 Å². The number of hydrogen-bond donors (Lipinski definition) is 0. The second-order valence-electron chi connectivity index (χ2n) is 4.41. The molecule has 15 heavy (non-hydrogen) atoms. The highest BCUT2D eigenvalue weighted by Crippen LogP contribution is 2.26. The molecule has 1 saturated heterocycles. The summed E-state index contributed by atoms with van der Waals surface area (Å²) in [5, 5.41) is 0. The van der Waals surface area contributed by atoms with E-state index in [1.807, 2.05) is 0 Å². The highest BCUT2D eigenvalue weighted by atomic mass is 79.9. The van der Waals surface area contributed by atoms with Crippen LogP contribution in [0.3, 0.4) is 0 Å². The molecule has 1 aliphatic heterocycles. The Morgan fingerprint density at radius 1 is 1.20 bits per heavy atom. The highest BCUT2D eigenvalue weighted by molar-refractivity contribution is 9.10. The van der Waals surface area contributed by atoms with E-state index in [9.17, 15) is 0 Å². The van der Waals surface area contributed by atoms with E-state index in [0.717, 1.165) is 0 Å². The lowest BCUT2D eigenvalue weighted by molar-refractivity contribution is 0.169. The molecule has 2 rings (SSSR count). The zero-order chi connectivity index (χ0) is 10.8. The number of piperidine rings is 1. The van der Waals surface area contributed by atoms with Gasteiger partial charge in [0.05, 0.1) is 4.60 Å². The number of aromatic nitrogens is 1. The molecule has 1 unspecified atom stereocenters. The Labute approximate surface area is 100 Å². The van der Waals surface area contributed by atoms with E-state index in [2.05, 4.69) is 51.5 Å². The van der Waals surface area contributed by atoms with Gasteiger partial charge in [-0.3, -0.25) is 4.90 Å². The smallest absolute Gasteiger partial charge is 0.0846 e. The van der Waals surface area contributed by atoms with Crippen molar-refractivity contribution in [2.45, 2.75) is 32.2 Å². The quantitative estimate of drug-likeness (QED) is 0.801. The van der Waals surface area contributed by atoms with Crippen molar-refractivity contribution < 1.29 is 0 Å². The largest absolute Gasteiger partial charge is 0.341 e. The Balaban J connectivity index is 2.12. The van der Waals surface area contributed by atoms with Crippen LogP contribution >= 0.6 is 15.9 Å². The zero-order valence-electron chi connectivity index (χ0n) is 9.54. The predicted octanol–water partition coefficient (Wildman–Crippen LogP) is 3.33. The fourth-order valence-corrected chi connectivity index (χ4v) is 2.75. The van der Waals surface area contributed by atoms with Crippen LogP contribution in [0.25, 0.3) is 0 Å². The molecule has 1 aromatic heterocycles. The normalized spacial score (nSPS) is 20.5. The third-order valence-corrected chi connectivity index (χ3v) is 4.26. The minimum Gasteiger partial charge on any atom is -0.341 e. The van der Waals surface area contributed by atoms with Gasteiger partial charge in [0.1, 0.15) is 0 Å². The van der Waals surface area contributed by atoms with Crippen LogP contribution in [0.2, 0.25) is 0 Å². The maximum Gasteiger partial charge on any atom is 0.0846 e. The number of likely N-dealkylation sites (tertiary alicyclic amines) is 1. The van der Waals surface area contributed by atoms with Gasteiger partial charge < -0.3 is 4.57 Å². The summed E-state index contributed by atoms with van der Waals surface area (Å²) in [5.41, 5.74) is 1.41. The Morgan fingerprint density at radius 2 is 1.87 bits per heavy atom. The first-order valence-corrected chi connectivity index (χ1v) is 6.54. The van der Waals surface area contributed by atoms with Crippen LogP contribution in [0.15, 0.2) is 16.7 Å². The molecule has 1 aromatic rings. The summed E-state index contributed by atoms with van der Waals surface area (Å²) in [6.07, 6.45) is 4.12. The van der Waals surface area contributed by atoms with E-state index in [1.54, 1.807) is 0 Å². The molecule has 1 fully saturated rings. The summed E-state index contributed by atoms with van der Waals surface area (Å²) in [4.78, 5) is 2.59. The summed E-state index contributed by atoms with van der Waals surface area (Å²) in [5.74, 6) is 0. The molecule has 0 aromatic carbocycles. The van der Waals surface area contributed by atoms with Gasteiger partial charge in [-0.15, -0.1) is 0 Å². The highest BCUT2D eigenvalue weighted by Gasteiger charge is 2.20. The number of rotatable bonds is 2. The molecule has 0 radical (unpaired) electrons. The Hall–Kier alpha value is -0.280. The van der Waals surface area contributed by atoms with Gasteiger partial charge in [0.2, 0.25) is 0 Å². The molecule has 0 aliphatic carbocycles. The van der Waals surface area contributed by atoms with Crippen LogP contribution in [0, 0.1) is 0 Å². The zero-order valence-corrected chi connectivity index (χ0v) is 11.1. The van der Waals surface area contributed by atoms with E-state index in [1.165, 1.54) is 42.6 Å². The van der Waals surface area contributed by atoms with Gasteiger partial charge in [-0.25, -0.2) is 0 Å². The van der Waals surface area contributed by atoms with Crippen molar-refractivity contribution >= 4 is 15.9 Å². The summed E-state index contributed by atoms with van der Waals surface area (Å²) < 4.78 is 3.40. The van der Waals surface area contributed by atoms with Crippen molar-refractivity contribution in [3.8, 4) is 0 Å². The predicted molar refractivity (Wildman–Crippen MR) is 67.0 cm³/mol. The van der Waals surface area contributed by atoms with Crippen molar-refractivity contribution in [1.82, 2.24) is 9.47 Å². The molecular formula is C12H19BrN2. The standard InChI is InChI=1S/C12H19BrN2/c1-10(15-8-4-3-5-9-15)11-6-7-12(13)14(11)2/h6-7,10H,3-5,8-9H2,1-2H3.